The van der Waals surface area contributed by atoms with Crippen LogP contribution in [0.2, 0.25) is 0 Å². The lowest BCUT2D eigenvalue weighted by molar-refractivity contribution is 0.297. The number of nitrogens with one attached hydrogen (secondary N) is 2. The van der Waals surface area contributed by atoms with Gasteiger partial charge in [-0.2, -0.15) is 0 Å². The SMILES string of the molecule is CN=C(NCc1cc(Br)ccc1F)Nc1ccc2c(c1)OCCCO2.I. The standard InChI is InChI=1S/C18H19BrFN3O2.HI/c1-21-18(22-11-12-9-13(19)3-5-15(12)20)23-14-4-6-16-17(10-14)25-8-2-7-24-16;/h3-6,9-10H,2,7-8,11H2,1H3,(H2,21,22,23);1H. The normalized spacial score (nSPS) is 13.4. The molecule has 5 nitrogen and oxygen atoms in total. The van der Waals surface area contributed by atoms with Crippen LogP contribution in [0.4, 0.5) is 10.1 Å². The van der Waals surface area contributed by atoms with Crippen LogP contribution >= 0.6 is 39.9 Å². The molecular weight excluding hydrogens is 516 g/mol. The number of fused-ring (bicyclic) bond motifs is 1. The molecule has 1 heterocycles. The van der Waals surface area contributed by atoms with Gasteiger partial charge >= 0.3 is 0 Å². The van der Waals surface area contributed by atoms with E-state index in [0.717, 1.165) is 22.3 Å². The summed E-state index contributed by atoms with van der Waals surface area (Å²) in [6.07, 6.45) is 0.860. The van der Waals surface area contributed by atoms with Crippen LogP contribution in [0, 0.1) is 5.82 Å². The van der Waals surface area contributed by atoms with Gasteiger partial charge in [0.25, 0.3) is 0 Å². The zero-order valence-electron chi connectivity index (χ0n) is 14.2. The first kappa shape index (κ1) is 20.8. The monoisotopic (exact) mass is 535 g/mol. The quantitative estimate of drug-likeness (QED) is 0.344. The number of aliphatic imine (C=N–C) groups is 1. The van der Waals surface area contributed by atoms with Gasteiger partial charge in [-0.1, -0.05) is 15.9 Å². The van der Waals surface area contributed by atoms with E-state index in [2.05, 4.69) is 31.6 Å². The molecule has 2 N–H and O–H groups in total. The topological polar surface area (TPSA) is 54.9 Å². The van der Waals surface area contributed by atoms with Gasteiger partial charge in [0.05, 0.1) is 13.2 Å². The molecule has 0 amide bonds. The molecular formula is C18H20BrFIN3O2. The molecule has 1 aliphatic rings. The molecule has 0 unspecified atom stereocenters. The first-order valence-electron chi connectivity index (χ1n) is 7.97. The van der Waals surface area contributed by atoms with Crippen LogP contribution in [-0.4, -0.2) is 26.2 Å². The fourth-order valence-corrected chi connectivity index (χ4v) is 2.82. The Morgan fingerprint density at radius 3 is 2.69 bits per heavy atom. The Morgan fingerprint density at radius 2 is 1.92 bits per heavy atom. The highest BCUT2D eigenvalue weighted by Gasteiger charge is 2.11. The van der Waals surface area contributed by atoms with E-state index in [0.29, 0.717) is 37.0 Å². The van der Waals surface area contributed by atoms with Gasteiger partial charge in [0.1, 0.15) is 5.82 Å². The number of hydrogen-bond acceptors (Lipinski definition) is 3. The van der Waals surface area contributed by atoms with Crippen molar-refractivity contribution >= 4 is 51.6 Å². The summed E-state index contributed by atoms with van der Waals surface area (Å²) in [5.41, 5.74) is 1.36. The van der Waals surface area contributed by atoms with Crippen molar-refractivity contribution in [2.75, 3.05) is 25.6 Å². The Kier molecular flexibility index (Phi) is 7.95. The van der Waals surface area contributed by atoms with Crippen molar-refractivity contribution in [3.05, 3.63) is 52.3 Å². The summed E-state index contributed by atoms with van der Waals surface area (Å²) in [6.45, 7) is 1.60. The molecule has 0 saturated carbocycles. The Morgan fingerprint density at radius 1 is 1.15 bits per heavy atom. The molecule has 0 radical (unpaired) electrons. The highest BCUT2D eigenvalue weighted by Crippen LogP contribution is 2.32. The summed E-state index contributed by atoms with van der Waals surface area (Å²) in [5.74, 6) is 1.72. The molecule has 1 aliphatic heterocycles. The molecule has 0 atom stereocenters. The van der Waals surface area contributed by atoms with Gasteiger partial charge in [-0.05, 0) is 30.3 Å². The van der Waals surface area contributed by atoms with E-state index < -0.39 is 0 Å². The van der Waals surface area contributed by atoms with E-state index in [1.807, 2.05) is 18.2 Å². The van der Waals surface area contributed by atoms with E-state index in [1.54, 1.807) is 19.2 Å². The maximum Gasteiger partial charge on any atom is 0.195 e. The zero-order valence-corrected chi connectivity index (χ0v) is 18.1. The third kappa shape index (κ3) is 5.47. The number of nitrogens with zero attached hydrogens (tertiary/aromatic N) is 1. The minimum Gasteiger partial charge on any atom is -0.490 e. The number of halogens is 3. The Balaban J connectivity index is 0.00000243. The number of ether oxygens (including phenoxy) is 2. The van der Waals surface area contributed by atoms with Crippen molar-refractivity contribution in [1.82, 2.24) is 5.32 Å². The van der Waals surface area contributed by atoms with Crippen LogP contribution in [0.3, 0.4) is 0 Å². The van der Waals surface area contributed by atoms with Crippen LogP contribution in [0.25, 0.3) is 0 Å². The van der Waals surface area contributed by atoms with E-state index in [9.17, 15) is 4.39 Å². The fraction of sp³-hybridized carbons (Fsp3) is 0.278. The van der Waals surface area contributed by atoms with Crippen molar-refractivity contribution in [1.29, 1.82) is 0 Å². The second-order valence-electron chi connectivity index (χ2n) is 5.50. The van der Waals surface area contributed by atoms with Crippen molar-refractivity contribution in [2.24, 2.45) is 4.99 Å². The Hall–Kier alpha value is -1.55. The zero-order chi connectivity index (χ0) is 17.6. The van der Waals surface area contributed by atoms with Crippen molar-refractivity contribution in [2.45, 2.75) is 13.0 Å². The molecule has 2 aromatic carbocycles. The van der Waals surface area contributed by atoms with Gasteiger partial charge in [-0.3, -0.25) is 4.99 Å². The predicted molar refractivity (Wildman–Crippen MR) is 115 cm³/mol. The lowest BCUT2D eigenvalue weighted by atomic mass is 10.2. The van der Waals surface area contributed by atoms with Crippen LogP contribution < -0.4 is 20.1 Å². The van der Waals surface area contributed by atoms with E-state index >= 15 is 0 Å². The summed E-state index contributed by atoms with van der Waals surface area (Å²) in [4.78, 5) is 4.17. The molecule has 3 rings (SSSR count). The molecule has 0 fully saturated rings. The molecule has 0 aliphatic carbocycles. The predicted octanol–water partition coefficient (Wildman–Crippen LogP) is 4.56. The van der Waals surface area contributed by atoms with Crippen molar-refractivity contribution in [3.8, 4) is 11.5 Å². The lowest BCUT2D eigenvalue weighted by Crippen LogP contribution is -2.30. The van der Waals surface area contributed by atoms with Crippen molar-refractivity contribution < 1.29 is 13.9 Å². The first-order chi connectivity index (χ1) is 12.2. The largest absolute Gasteiger partial charge is 0.490 e. The number of guanidine groups is 1. The van der Waals surface area contributed by atoms with Crippen LogP contribution in [0.1, 0.15) is 12.0 Å². The highest BCUT2D eigenvalue weighted by atomic mass is 127. The first-order valence-corrected chi connectivity index (χ1v) is 8.76. The maximum atomic E-state index is 13.8. The second kappa shape index (κ2) is 9.96. The van der Waals surface area contributed by atoms with Crippen LogP contribution in [0.5, 0.6) is 11.5 Å². The van der Waals surface area contributed by atoms with Gasteiger partial charge in [-0.25, -0.2) is 4.39 Å². The average molecular weight is 536 g/mol. The number of hydrogen-bond donors (Lipinski definition) is 2. The molecule has 0 bridgehead atoms. The summed E-state index contributed by atoms with van der Waals surface area (Å²) >= 11 is 3.35. The minimum atomic E-state index is -0.262. The van der Waals surface area contributed by atoms with Gasteiger partial charge in [0.15, 0.2) is 17.5 Å². The molecule has 0 saturated heterocycles. The third-order valence-corrected chi connectivity index (χ3v) is 4.18. The molecule has 140 valence electrons. The van der Waals surface area contributed by atoms with E-state index in [-0.39, 0.29) is 29.8 Å². The Bertz CT molecular complexity index is 789. The van der Waals surface area contributed by atoms with Gasteiger partial charge < -0.3 is 20.1 Å². The van der Waals surface area contributed by atoms with Crippen LogP contribution in [-0.2, 0) is 6.54 Å². The number of anilines is 1. The molecule has 26 heavy (non-hydrogen) atoms. The summed E-state index contributed by atoms with van der Waals surface area (Å²) in [7, 11) is 1.66. The van der Waals surface area contributed by atoms with Crippen LogP contribution in [0.15, 0.2) is 45.9 Å². The molecule has 2 aromatic rings. The van der Waals surface area contributed by atoms with Gasteiger partial charge in [-0.15, -0.1) is 24.0 Å². The van der Waals surface area contributed by atoms with Gasteiger partial charge in [0.2, 0.25) is 0 Å². The molecule has 0 spiro atoms. The highest BCUT2D eigenvalue weighted by molar-refractivity contribution is 14.0. The summed E-state index contributed by atoms with van der Waals surface area (Å²) < 4.78 is 26.0. The Labute approximate surface area is 177 Å². The smallest absolute Gasteiger partial charge is 0.195 e. The minimum absolute atomic E-state index is 0. The average Bonchev–Trinajstić information content (AvgIpc) is 2.86. The van der Waals surface area contributed by atoms with E-state index in [4.69, 9.17) is 9.47 Å². The number of benzene rings is 2. The third-order valence-electron chi connectivity index (χ3n) is 3.69. The summed E-state index contributed by atoms with van der Waals surface area (Å²) in [6, 6.07) is 10.5. The van der Waals surface area contributed by atoms with Crippen molar-refractivity contribution in [3.63, 3.8) is 0 Å². The van der Waals surface area contributed by atoms with Gasteiger partial charge in [0, 0.05) is 41.8 Å². The summed E-state index contributed by atoms with van der Waals surface area (Å²) in [5, 5.41) is 6.27. The second-order valence-corrected chi connectivity index (χ2v) is 6.41. The van der Waals surface area contributed by atoms with E-state index in [1.165, 1.54) is 6.07 Å². The lowest BCUT2D eigenvalue weighted by Gasteiger charge is -2.14. The molecule has 0 aromatic heterocycles. The molecule has 8 heteroatoms. The number of rotatable bonds is 3. The maximum absolute atomic E-state index is 13.8. The fourth-order valence-electron chi connectivity index (χ4n) is 2.41.